The van der Waals surface area contributed by atoms with Gasteiger partial charge < -0.3 is 24.1 Å². The maximum Gasteiger partial charge on any atom is 0.261 e. The number of hydrogen-bond acceptors (Lipinski definition) is 7. The van der Waals surface area contributed by atoms with Gasteiger partial charge in [-0.15, -0.1) is 0 Å². The number of carbonyl (C=O) groups excluding carboxylic acids is 1. The predicted molar refractivity (Wildman–Crippen MR) is 123 cm³/mol. The molecule has 0 aliphatic rings. The third kappa shape index (κ3) is 4.90. The minimum absolute atomic E-state index is 0.0830. The van der Waals surface area contributed by atoms with Crippen molar-refractivity contribution in [1.29, 1.82) is 0 Å². The molecule has 0 fully saturated rings. The number of aromatic nitrogens is 2. The monoisotopic (exact) mass is 447 g/mol. The van der Waals surface area contributed by atoms with Gasteiger partial charge >= 0.3 is 0 Å². The van der Waals surface area contributed by atoms with Gasteiger partial charge in [0.1, 0.15) is 17.2 Å². The van der Waals surface area contributed by atoms with Gasteiger partial charge in [-0.2, -0.15) is 4.98 Å². The van der Waals surface area contributed by atoms with Crippen LogP contribution in [-0.2, 0) is 11.3 Å². The van der Waals surface area contributed by atoms with Crippen molar-refractivity contribution in [2.24, 2.45) is 0 Å². The molecule has 4 aromatic rings. The third-order valence-electron chi connectivity index (χ3n) is 5.21. The van der Waals surface area contributed by atoms with Crippen LogP contribution in [0.3, 0.4) is 0 Å². The minimum atomic E-state index is -0.653. The zero-order valence-electron chi connectivity index (χ0n) is 18.7. The second-order valence-corrected chi connectivity index (χ2v) is 7.29. The van der Waals surface area contributed by atoms with Gasteiger partial charge in [-0.05, 0) is 30.0 Å². The number of benzene rings is 3. The lowest BCUT2D eigenvalue weighted by Gasteiger charge is -2.18. The van der Waals surface area contributed by atoms with Crippen LogP contribution < -0.4 is 19.5 Å². The number of methoxy groups -OCH3 is 2. The van der Waals surface area contributed by atoms with Crippen LogP contribution >= 0.6 is 0 Å². The van der Waals surface area contributed by atoms with Crippen molar-refractivity contribution in [3.05, 3.63) is 66.6 Å². The van der Waals surface area contributed by atoms with E-state index in [9.17, 15) is 4.79 Å². The van der Waals surface area contributed by atoms with Gasteiger partial charge in [-0.3, -0.25) is 4.79 Å². The van der Waals surface area contributed by atoms with Crippen molar-refractivity contribution in [3.8, 4) is 28.6 Å². The van der Waals surface area contributed by atoms with Crippen molar-refractivity contribution in [1.82, 2.24) is 15.5 Å². The average Bonchev–Trinajstić information content (AvgIpc) is 3.34. The number of nitrogens with zero attached hydrogens (tertiary/aromatic N) is 2. The number of nitrogens with one attached hydrogen (secondary N) is 1. The Morgan fingerprint density at radius 1 is 1.03 bits per heavy atom. The summed E-state index contributed by atoms with van der Waals surface area (Å²) in [6, 6.07) is 19.0. The molecular formula is C25H25N3O5. The Labute approximate surface area is 191 Å². The summed E-state index contributed by atoms with van der Waals surface area (Å²) in [7, 11) is 3.14. The summed E-state index contributed by atoms with van der Waals surface area (Å²) in [5, 5.41) is 8.84. The first-order valence-electron chi connectivity index (χ1n) is 10.6. The van der Waals surface area contributed by atoms with E-state index in [1.165, 1.54) is 0 Å². The average molecular weight is 447 g/mol. The van der Waals surface area contributed by atoms with E-state index in [1.54, 1.807) is 32.4 Å². The molecule has 0 saturated heterocycles. The molecule has 1 amide bonds. The molecule has 4 rings (SSSR count). The van der Waals surface area contributed by atoms with Crippen LogP contribution in [0.1, 0.15) is 19.2 Å². The molecule has 0 radical (unpaired) electrons. The normalized spacial score (nSPS) is 11.7. The first-order valence-corrected chi connectivity index (χ1v) is 10.6. The Morgan fingerprint density at radius 2 is 1.85 bits per heavy atom. The highest BCUT2D eigenvalue weighted by molar-refractivity contribution is 5.89. The van der Waals surface area contributed by atoms with E-state index < -0.39 is 6.10 Å². The largest absolute Gasteiger partial charge is 0.497 e. The number of rotatable bonds is 9. The minimum Gasteiger partial charge on any atom is -0.497 e. The van der Waals surface area contributed by atoms with Gasteiger partial charge in [0.2, 0.25) is 11.7 Å². The highest BCUT2D eigenvalue weighted by atomic mass is 16.5. The van der Waals surface area contributed by atoms with Gasteiger partial charge in [-0.1, -0.05) is 48.5 Å². The molecule has 1 atom stereocenters. The molecule has 0 bridgehead atoms. The van der Waals surface area contributed by atoms with E-state index >= 15 is 0 Å². The van der Waals surface area contributed by atoms with Crippen LogP contribution in [-0.4, -0.2) is 36.4 Å². The van der Waals surface area contributed by atoms with Gasteiger partial charge in [-0.25, -0.2) is 0 Å². The van der Waals surface area contributed by atoms with Crippen LogP contribution in [0.4, 0.5) is 0 Å². The zero-order chi connectivity index (χ0) is 23.2. The molecule has 0 aliphatic heterocycles. The van der Waals surface area contributed by atoms with Gasteiger partial charge in [0.25, 0.3) is 5.91 Å². The topological polar surface area (TPSA) is 95.7 Å². The smallest absolute Gasteiger partial charge is 0.261 e. The van der Waals surface area contributed by atoms with Crippen molar-refractivity contribution < 1.29 is 23.5 Å². The Balaban J connectivity index is 1.43. The van der Waals surface area contributed by atoms with Crippen LogP contribution in [0, 0.1) is 0 Å². The van der Waals surface area contributed by atoms with Crippen molar-refractivity contribution >= 4 is 16.7 Å². The van der Waals surface area contributed by atoms with Gasteiger partial charge in [0.05, 0.1) is 26.3 Å². The van der Waals surface area contributed by atoms with Gasteiger partial charge in [0.15, 0.2) is 6.10 Å². The van der Waals surface area contributed by atoms with Crippen molar-refractivity contribution in [2.75, 3.05) is 14.2 Å². The third-order valence-corrected chi connectivity index (χ3v) is 5.21. The molecule has 170 valence electrons. The molecule has 3 aromatic carbocycles. The number of amides is 1. The lowest BCUT2D eigenvalue weighted by molar-refractivity contribution is -0.128. The van der Waals surface area contributed by atoms with Crippen LogP contribution in [0.15, 0.2) is 65.2 Å². The standard InChI is InChI=1S/C25H25N3O5/c1-4-20(32-21-11-7-9-16-8-5-6-10-18(16)21)25(29)26-15-23-27-24(28-33-23)19-13-12-17(30-2)14-22(19)31-3/h5-14,20H,4,15H2,1-3H3,(H,26,29). The summed E-state index contributed by atoms with van der Waals surface area (Å²) in [5.74, 6) is 2.26. The van der Waals surface area contributed by atoms with Gasteiger partial charge in [0, 0.05) is 11.5 Å². The highest BCUT2D eigenvalue weighted by Gasteiger charge is 2.21. The Morgan fingerprint density at radius 3 is 2.64 bits per heavy atom. The Hall–Kier alpha value is -4.07. The van der Waals surface area contributed by atoms with E-state index in [0.717, 1.165) is 10.8 Å². The fourth-order valence-corrected chi connectivity index (χ4v) is 3.47. The van der Waals surface area contributed by atoms with E-state index in [2.05, 4.69) is 15.5 Å². The molecule has 0 aliphatic carbocycles. The van der Waals surface area contributed by atoms with Crippen LogP contribution in [0.25, 0.3) is 22.2 Å². The maximum atomic E-state index is 12.8. The number of fused-ring (bicyclic) bond motifs is 1. The zero-order valence-corrected chi connectivity index (χ0v) is 18.7. The first-order chi connectivity index (χ1) is 16.1. The van der Waals surface area contributed by atoms with Crippen LogP contribution in [0.2, 0.25) is 0 Å². The molecule has 1 aromatic heterocycles. The molecule has 1 N–H and O–H groups in total. The Bertz CT molecular complexity index is 1250. The number of carbonyl (C=O) groups is 1. The fourth-order valence-electron chi connectivity index (χ4n) is 3.47. The lowest BCUT2D eigenvalue weighted by atomic mass is 10.1. The molecular weight excluding hydrogens is 422 g/mol. The lowest BCUT2D eigenvalue weighted by Crippen LogP contribution is -2.37. The number of ether oxygens (including phenoxy) is 3. The quantitative estimate of drug-likeness (QED) is 0.407. The SMILES string of the molecule is CCC(Oc1cccc2ccccc12)C(=O)NCc1nc(-c2ccc(OC)cc2OC)no1. The molecule has 1 unspecified atom stereocenters. The molecule has 0 spiro atoms. The predicted octanol–water partition coefficient (Wildman–Crippen LogP) is 4.38. The maximum absolute atomic E-state index is 12.8. The summed E-state index contributed by atoms with van der Waals surface area (Å²) in [5.41, 5.74) is 0.658. The van der Waals surface area contributed by atoms with E-state index in [1.807, 2.05) is 49.4 Å². The second-order valence-electron chi connectivity index (χ2n) is 7.29. The van der Waals surface area contributed by atoms with E-state index in [-0.39, 0.29) is 18.3 Å². The fraction of sp³-hybridized carbons (Fsp3) is 0.240. The summed E-state index contributed by atoms with van der Waals surface area (Å²) >= 11 is 0. The Kier molecular flexibility index (Phi) is 6.73. The molecule has 0 saturated carbocycles. The summed E-state index contributed by atoms with van der Waals surface area (Å²) in [6.45, 7) is 1.98. The summed E-state index contributed by atoms with van der Waals surface area (Å²) < 4.78 is 22.0. The molecule has 33 heavy (non-hydrogen) atoms. The van der Waals surface area contributed by atoms with Crippen molar-refractivity contribution in [2.45, 2.75) is 26.0 Å². The first kappa shape index (κ1) is 22.1. The molecule has 8 heteroatoms. The highest BCUT2D eigenvalue weighted by Crippen LogP contribution is 2.31. The van der Waals surface area contributed by atoms with Crippen LogP contribution in [0.5, 0.6) is 17.2 Å². The van der Waals surface area contributed by atoms with E-state index in [0.29, 0.717) is 35.1 Å². The molecule has 8 nitrogen and oxygen atoms in total. The summed E-state index contributed by atoms with van der Waals surface area (Å²) in [6.07, 6.45) is -0.146. The second kappa shape index (κ2) is 10.0. The summed E-state index contributed by atoms with van der Waals surface area (Å²) in [4.78, 5) is 17.1. The number of hydrogen-bond donors (Lipinski definition) is 1. The molecule has 1 heterocycles. The van der Waals surface area contributed by atoms with E-state index in [4.69, 9.17) is 18.7 Å². The van der Waals surface area contributed by atoms with Crippen molar-refractivity contribution in [3.63, 3.8) is 0 Å².